The minimum atomic E-state index is -2.58. The van der Waals surface area contributed by atoms with Gasteiger partial charge in [0.2, 0.25) is 0 Å². The van der Waals surface area contributed by atoms with Gasteiger partial charge in [0.25, 0.3) is 0 Å². The number of benzene rings is 2. The van der Waals surface area contributed by atoms with Gasteiger partial charge in [-0.15, -0.1) is 0 Å². The number of hydrogen-bond acceptors (Lipinski definition) is 2. The fourth-order valence-electron chi connectivity index (χ4n) is 3.72. The van der Waals surface area contributed by atoms with Gasteiger partial charge in [0, 0.05) is 0 Å². The number of rotatable bonds is 5. The van der Waals surface area contributed by atoms with E-state index in [1.165, 1.54) is 36.8 Å². The van der Waals surface area contributed by atoms with Gasteiger partial charge in [-0.3, -0.25) is 0 Å². The van der Waals surface area contributed by atoms with Gasteiger partial charge in [0.05, 0.1) is 0 Å². The SMILES string of the molecule is CN(C)P(Br)(Cc1ccccc1)(c1ccccc1)N1CCCC1. The first-order valence-electron chi connectivity index (χ1n) is 8.31. The van der Waals surface area contributed by atoms with E-state index in [-0.39, 0.29) is 0 Å². The molecular weight excluding hydrogens is 367 g/mol. The van der Waals surface area contributed by atoms with Crippen molar-refractivity contribution < 1.29 is 0 Å². The molecule has 0 N–H and O–H groups in total. The Balaban J connectivity index is 2.18. The Labute approximate surface area is 148 Å². The van der Waals surface area contributed by atoms with Crippen molar-refractivity contribution in [3.63, 3.8) is 0 Å². The van der Waals surface area contributed by atoms with Gasteiger partial charge in [-0.2, -0.15) is 0 Å². The molecule has 0 radical (unpaired) electrons. The first-order chi connectivity index (χ1) is 11.1. The van der Waals surface area contributed by atoms with Crippen LogP contribution in [0.1, 0.15) is 18.4 Å². The molecule has 1 saturated heterocycles. The Kier molecular flexibility index (Phi) is 4.94. The summed E-state index contributed by atoms with van der Waals surface area (Å²) in [5.74, 6) is 0. The van der Waals surface area contributed by atoms with Gasteiger partial charge in [-0.25, -0.2) is 0 Å². The Bertz CT molecular complexity index is 643. The summed E-state index contributed by atoms with van der Waals surface area (Å²) in [7, 11) is 4.47. The monoisotopic (exact) mass is 392 g/mol. The van der Waals surface area contributed by atoms with E-state index < -0.39 is 5.61 Å². The topological polar surface area (TPSA) is 6.48 Å². The van der Waals surface area contributed by atoms with Crippen molar-refractivity contribution in [3.05, 3.63) is 66.2 Å². The van der Waals surface area contributed by atoms with Crippen LogP contribution in [0, 0.1) is 0 Å². The summed E-state index contributed by atoms with van der Waals surface area (Å²) in [4.78, 5) is 0. The summed E-state index contributed by atoms with van der Waals surface area (Å²) in [6, 6.07) is 22.0. The van der Waals surface area contributed by atoms with E-state index in [1.807, 2.05) is 0 Å². The molecule has 0 saturated carbocycles. The van der Waals surface area contributed by atoms with E-state index in [9.17, 15) is 0 Å². The Morgan fingerprint density at radius 1 is 0.913 bits per heavy atom. The maximum atomic E-state index is 4.41. The third-order valence-electron chi connectivity index (χ3n) is 5.04. The third-order valence-corrected chi connectivity index (χ3v) is 15.7. The van der Waals surface area contributed by atoms with Crippen LogP contribution in [0.2, 0.25) is 0 Å². The number of halogens is 1. The molecule has 0 aliphatic carbocycles. The van der Waals surface area contributed by atoms with Gasteiger partial charge < -0.3 is 0 Å². The summed E-state index contributed by atoms with van der Waals surface area (Å²) < 4.78 is 5.20. The second kappa shape index (κ2) is 6.64. The molecule has 0 unspecified atom stereocenters. The summed E-state index contributed by atoms with van der Waals surface area (Å²) in [5, 5.41) is 1.43. The first-order valence-corrected chi connectivity index (χ1v) is 12.7. The van der Waals surface area contributed by atoms with Crippen LogP contribution in [-0.4, -0.2) is 36.5 Å². The quantitative estimate of drug-likeness (QED) is 0.670. The fourth-order valence-corrected chi connectivity index (χ4v) is 10.9. The molecular formula is C19H26BrN2P. The Morgan fingerprint density at radius 3 is 1.96 bits per heavy atom. The zero-order chi connectivity index (χ0) is 16.4. The van der Waals surface area contributed by atoms with Crippen molar-refractivity contribution in [1.29, 1.82) is 0 Å². The van der Waals surface area contributed by atoms with Crippen molar-refractivity contribution in [1.82, 2.24) is 9.34 Å². The van der Waals surface area contributed by atoms with Gasteiger partial charge in [-0.1, -0.05) is 0 Å². The molecule has 3 rings (SSSR count). The molecule has 0 amide bonds. The molecule has 1 heterocycles. The summed E-state index contributed by atoms with van der Waals surface area (Å²) >= 11 is 4.41. The van der Waals surface area contributed by atoms with Crippen LogP contribution < -0.4 is 5.30 Å². The van der Waals surface area contributed by atoms with Crippen LogP contribution in [0.4, 0.5) is 0 Å². The van der Waals surface area contributed by atoms with E-state index >= 15 is 0 Å². The second-order valence-electron chi connectivity index (χ2n) is 6.57. The molecule has 4 heteroatoms. The van der Waals surface area contributed by atoms with Crippen LogP contribution in [-0.2, 0) is 6.16 Å². The zero-order valence-electron chi connectivity index (χ0n) is 14.0. The summed E-state index contributed by atoms with van der Waals surface area (Å²) in [6.07, 6.45) is 3.61. The molecule has 0 aromatic heterocycles. The van der Waals surface area contributed by atoms with Crippen molar-refractivity contribution in [2.45, 2.75) is 19.0 Å². The minimum absolute atomic E-state index is 1.03. The molecule has 1 aliphatic rings. The molecule has 0 bridgehead atoms. The number of nitrogens with zero attached hydrogens (tertiary/aromatic N) is 2. The van der Waals surface area contributed by atoms with Gasteiger partial charge in [0.1, 0.15) is 0 Å². The maximum absolute atomic E-state index is 4.41. The second-order valence-corrected chi connectivity index (χ2v) is 15.4. The van der Waals surface area contributed by atoms with E-state index in [1.54, 1.807) is 0 Å². The Morgan fingerprint density at radius 2 is 1.43 bits per heavy atom. The normalized spacial score (nSPS) is 18.0. The first kappa shape index (κ1) is 17.1. The predicted octanol–water partition coefficient (Wildman–Crippen LogP) is 4.86. The van der Waals surface area contributed by atoms with E-state index in [2.05, 4.69) is 99.6 Å². The van der Waals surface area contributed by atoms with Crippen LogP contribution in [0.25, 0.3) is 0 Å². The molecule has 0 spiro atoms. The average molecular weight is 393 g/mol. The zero-order valence-corrected chi connectivity index (χ0v) is 16.5. The standard InChI is InChI=1S/C19H26BrN2P/c1-21(2)23(20,22-15-9-10-16-22,19-13-7-4-8-14-19)17-18-11-5-3-6-12-18/h3-8,11-14H,9-10,15-17H2,1-2H3. The molecule has 1 aliphatic heterocycles. The molecule has 23 heavy (non-hydrogen) atoms. The van der Waals surface area contributed by atoms with E-state index in [0.717, 1.165) is 6.16 Å². The van der Waals surface area contributed by atoms with Crippen LogP contribution >= 0.6 is 21.1 Å². The molecule has 2 aromatic rings. The van der Waals surface area contributed by atoms with E-state index in [0.29, 0.717) is 0 Å². The average Bonchev–Trinajstić information content (AvgIpc) is 3.12. The molecule has 1 fully saturated rings. The summed E-state index contributed by atoms with van der Waals surface area (Å²) in [5.41, 5.74) is -1.19. The molecule has 2 nitrogen and oxygen atoms in total. The van der Waals surface area contributed by atoms with Crippen molar-refractivity contribution in [3.8, 4) is 0 Å². The van der Waals surface area contributed by atoms with Gasteiger partial charge in [-0.05, 0) is 0 Å². The fraction of sp³-hybridized carbons (Fsp3) is 0.368. The van der Waals surface area contributed by atoms with Crippen LogP contribution in [0.15, 0.2) is 60.7 Å². The van der Waals surface area contributed by atoms with Crippen LogP contribution in [0.5, 0.6) is 0 Å². The van der Waals surface area contributed by atoms with Crippen molar-refractivity contribution in [2.75, 3.05) is 27.2 Å². The summed E-state index contributed by atoms with van der Waals surface area (Å²) in [6.45, 7) is 2.34. The molecule has 124 valence electrons. The molecule has 2 aromatic carbocycles. The Hall–Kier alpha value is -0.730. The van der Waals surface area contributed by atoms with E-state index in [4.69, 9.17) is 0 Å². The third kappa shape index (κ3) is 2.89. The van der Waals surface area contributed by atoms with Crippen molar-refractivity contribution >= 4 is 26.4 Å². The molecule has 0 atom stereocenters. The van der Waals surface area contributed by atoms with Crippen LogP contribution in [0.3, 0.4) is 0 Å². The van der Waals surface area contributed by atoms with Gasteiger partial charge in [0.15, 0.2) is 0 Å². The predicted molar refractivity (Wildman–Crippen MR) is 107 cm³/mol. The van der Waals surface area contributed by atoms with Crippen molar-refractivity contribution in [2.24, 2.45) is 0 Å². The number of hydrogen-bond donors (Lipinski definition) is 0. The van der Waals surface area contributed by atoms with Gasteiger partial charge >= 0.3 is 148 Å².